The Balaban J connectivity index is 1.37. The Hall–Kier alpha value is -4.67. The second kappa shape index (κ2) is 11.9. The van der Waals surface area contributed by atoms with Crippen LogP contribution < -0.4 is 0 Å². The van der Waals surface area contributed by atoms with Gasteiger partial charge in [-0.25, -0.2) is 13.9 Å². The van der Waals surface area contributed by atoms with E-state index < -0.39 is 23.7 Å². The molecule has 1 N–H and O–H groups in total. The predicted octanol–water partition coefficient (Wildman–Crippen LogP) is 5.11. The van der Waals surface area contributed by atoms with E-state index >= 15 is 0 Å². The van der Waals surface area contributed by atoms with Crippen LogP contribution in [-0.4, -0.2) is 62.4 Å². The number of ether oxygens (including phenoxy) is 1. The van der Waals surface area contributed by atoms with Gasteiger partial charge in [-0.05, 0) is 64.9 Å². The molecule has 3 heterocycles. The Kier molecular flexibility index (Phi) is 7.88. The van der Waals surface area contributed by atoms with Crippen LogP contribution in [0.3, 0.4) is 0 Å². The number of halogens is 2. The highest BCUT2D eigenvalue weighted by Crippen LogP contribution is 2.37. The van der Waals surface area contributed by atoms with E-state index in [4.69, 9.17) is 16.3 Å². The van der Waals surface area contributed by atoms with Gasteiger partial charge in [0.15, 0.2) is 17.3 Å². The van der Waals surface area contributed by atoms with E-state index in [1.807, 2.05) is 24.3 Å². The topological polar surface area (TPSA) is 115 Å². The van der Waals surface area contributed by atoms with Gasteiger partial charge in [-0.1, -0.05) is 59.3 Å². The summed E-state index contributed by atoms with van der Waals surface area (Å²) >= 11 is 5.93. The Morgan fingerprint density at radius 2 is 1.84 bits per heavy atom. The molecule has 0 saturated carbocycles. The predicted molar refractivity (Wildman–Crippen MR) is 156 cm³/mol. The number of carbonyl (C=O) groups is 3. The monoisotopic (exact) mass is 600 g/mol. The number of carbonyl (C=O) groups excluding carboxylic acids is 2. The maximum atomic E-state index is 14.6. The quantitative estimate of drug-likeness (QED) is 0.313. The minimum absolute atomic E-state index is 0.0189. The molecule has 6 rings (SSSR count). The lowest BCUT2D eigenvalue weighted by atomic mass is 9.83. The molecule has 11 heteroatoms. The number of Topliss-reactive ketones (excluding diaryl/α,β-unsaturated/α-hetero) is 1. The van der Waals surface area contributed by atoms with Crippen LogP contribution in [0.1, 0.15) is 55.6 Å². The van der Waals surface area contributed by atoms with Crippen molar-refractivity contribution in [2.45, 2.75) is 25.3 Å². The van der Waals surface area contributed by atoms with E-state index in [0.29, 0.717) is 25.2 Å². The summed E-state index contributed by atoms with van der Waals surface area (Å²) < 4.78 is 21.3. The lowest BCUT2D eigenvalue weighted by Gasteiger charge is -2.37. The first-order chi connectivity index (χ1) is 20.8. The standard InChI is InChI=1S/C32H26ClFN4O5/c33-25-5-2-6-27(29(25)34)38-18-26(35-36-38)31(40)37-14-11-23-22(20-12-15-43-16-13-20)3-1-4-24(23)30(37)28(39)17-19-7-9-21(10-8-19)32(41)42/h1-10,12,18,30H,11,13-17H2,(H,41,42). The SMILES string of the molecule is O=C(O)c1ccc(CC(=O)C2c3cccc(C4=CCOCC4)c3CCN2C(=O)c2cn(-c3cccc(Cl)c3F)nn2)cc1. The van der Waals surface area contributed by atoms with Crippen molar-refractivity contribution in [2.75, 3.05) is 19.8 Å². The average Bonchev–Trinajstić information content (AvgIpc) is 3.52. The van der Waals surface area contributed by atoms with Gasteiger partial charge in [-0.3, -0.25) is 9.59 Å². The molecule has 0 aliphatic carbocycles. The van der Waals surface area contributed by atoms with E-state index in [2.05, 4.69) is 10.3 Å². The molecule has 9 nitrogen and oxygen atoms in total. The summed E-state index contributed by atoms with van der Waals surface area (Å²) in [6.45, 7) is 1.37. The van der Waals surface area contributed by atoms with Crippen LogP contribution in [0.4, 0.5) is 4.39 Å². The summed E-state index contributed by atoms with van der Waals surface area (Å²) in [4.78, 5) is 40.8. The number of carboxylic acid groups (broad SMARTS) is 1. The van der Waals surface area contributed by atoms with Gasteiger partial charge in [0.25, 0.3) is 5.91 Å². The first kappa shape index (κ1) is 28.4. The maximum absolute atomic E-state index is 14.6. The zero-order chi connectivity index (χ0) is 30.1. The summed E-state index contributed by atoms with van der Waals surface area (Å²) in [5.41, 5.74) is 4.65. The third-order valence-electron chi connectivity index (χ3n) is 7.77. The molecule has 1 amide bonds. The van der Waals surface area contributed by atoms with Gasteiger partial charge in [0.05, 0.1) is 30.0 Å². The van der Waals surface area contributed by atoms with Gasteiger partial charge in [-0.15, -0.1) is 5.10 Å². The number of nitrogens with zero attached hydrogens (tertiary/aromatic N) is 4. The van der Waals surface area contributed by atoms with Gasteiger partial charge >= 0.3 is 5.97 Å². The Labute approximate surface area is 251 Å². The smallest absolute Gasteiger partial charge is 0.335 e. The summed E-state index contributed by atoms with van der Waals surface area (Å²) in [5, 5.41) is 17.1. The van der Waals surface area contributed by atoms with Gasteiger partial charge in [0, 0.05) is 13.0 Å². The Bertz CT molecular complexity index is 1770. The van der Waals surface area contributed by atoms with Gasteiger partial charge in [0.2, 0.25) is 0 Å². The molecule has 1 atom stereocenters. The van der Waals surface area contributed by atoms with E-state index in [1.54, 1.807) is 18.2 Å². The number of rotatable bonds is 7. The highest BCUT2D eigenvalue weighted by atomic mass is 35.5. The number of aromatic nitrogens is 3. The molecular weight excluding hydrogens is 575 g/mol. The van der Waals surface area contributed by atoms with Crippen LogP contribution in [0, 0.1) is 5.82 Å². The van der Waals surface area contributed by atoms with Crippen molar-refractivity contribution >= 4 is 34.8 Å². The van der Waals surface area contributed by atoms with Crippen molar-refractivity contribution in [1.82, 2.24) is 19.9 Å². The molecule has 2 aliphatic rings. The summed E-state index contributed by atoms with van der Waals surface area (Å²) in [6, 6.07) is 15.4. The number of hydrogen-bond acceptors (Lipinski definition) is 6. The number of aromatic carboxylic acids is 1. The first-order valence-electron chi connectivity index (χ1n) is 13.7. The molecule has 0 saturated heterocycles. The second-order valence-electron chi connectivity index (χ2n) is 10.3. The molecule has 0 spiro atoms. The van der Waals surface area contributed by atoms with E-state index in [0.717, 1.165) is 33.4 Å². The van der Waals surface area contributed by atoms with Crippen LogP contribution in [0.2, 0.25) is 5.02 Å². The normalized spacial score (nSPS) is 16.4. The van der Waals surface area contributed by atoms with Gasteiger partial charge in [-0.2, -0.15) is 0 Å². The fraction of sp³-hybridized carbons (Fsp3) is 0.219. The molecular formula is C32H26ClFN4O5. The number of hydrogen-bond donors (Lipinski definition) is 1. The van der Waals surface area contributed by atoms with Crippen molar-refractivity contribution in [3.05, 3.63) is 117 Å². The molecule has 0 fully saturated rings. The van der Waals surface area contributed by atoms with E-state index in [9.17, 15) is 23.9 Å². The lowest BCUT2D eigenvalue weighted by molar-refractivity contribution is -0.123. The molecule has 1 aromatic heterocycles. The van der Waals surface area contributed by atoms with Crippen molar-refractivity contribution in [3.8, 4) is 5.69 Å². The minimum atomic E-state index is -1.06. The maximum Gasteiger partial charge on any atom is 0.335 e. The molecule has 43 heavy (non-hydrogen) atoms. The Morgan fingerprint density at radius 1 is 1.05 bits per heavy atom. The fourth-order valence-corrected chi connectivity index (χ4v) is 5.84. The number of carboxylic acids is 1. The van der Waals surface area contributed by atoms with Crippen molar-refractivity contribution in [3.63, 3.8) is 0 Å². The van der Waals surface area contributed by atoms with Crippen molar-refractivity contribution < 1.29 is 28.6 Å². The molecule has 3 aromatic carbocycles. The zero-order valence-corrected chi connectivity index (χ0v) is 23.6. The van der Waals surface area contributed by atoms with Crippen molar-refractivity contribution in [2.24, 2.45) is 0 Å². The highest BCUT2D eigenvalue weighted by Gasteiger charge is 2.38. The molecule has 1 unspecified atom stereocenters. The van der Waals surface area contributed by atoms with Crippen LogP contribution >= 0.6 is 11.6 Å². The lowest BCUT2D eigenvalue weighted by Crippen LogP contribution is -2.44. The van der Waals surface area contributed by atoms with Gasteiger partial charge < -0.3 is 14.7 Å². The summed E-state index contributed by atoms with van der Waals surface area (Å²) in [6.07, 6.45) is 4.61. The minimum Gasteiger partial charge on any atom is -0.478 e. The number of benzene rings is 3. The van der Waals surface area contributed by atoms with Crippen LogP contribution in [-0.2, 0) is 22.4 Å². The van der Waals surface area contributed by atoms with E-state index in [1.165, 1.54) is 35.4 Å². The van der Waals surface area contributed by atoms with Crippen LogP contribution in [0.25, 0.3) is 11.3 Å². The van der Waals surface area contributed by atoms with Crippen LogP contribution in [0.5, 0.6) is 0 Å². The van der Waals surface area contributed by atoms with Crippen LogP contribution in [0.15, 0.2) is 72.9 Å². The third-order valence-corrected chi connectivity index (χ3v) is 8.06. The molecule has 0 radical (unpaired) electrons. The average molecular weight is 601 g/mol. The fourth-order valence-electron chi connectivity index (χ4n) is 5.67. The number of ketones is 1. The zero-order valence-electron chi connectivity index (χ0n) is 22.9. The first-order valence-corrected chi connectivity index (χ1v) is 14.1. The number of amides is 1. The molecule has 4 aromatic rings. The molecule has 0 bridgehead atoms. The largest absolute Gasteiger partial charge is 0.478 e. The Morgan fingerprint density at radius 3 is 2.58 bits per heavy atom. The summed E-state index contributed by atoms with van der Waals surface area (Å²) in [5.74, 6) is -2.51. The van der Waals surface area contributed by atoms with Crippen molar-refractivity contribution in [1.29, 1.82) is 0 Å². The van der Waals surface area contributed by atoms with E-state index in [-0.39, 0.29) is 40.7 Å². The summed E-state index contributed by atoms with van der Waals surface area (Å²) in [7, 11) is 0. The molecule has 2 aliphatic heterocycles. The third kappa shape index (κ3) is 5.59. The second-order valence-corrected chi connectivity index (χ2v) is 10.8. The highest BCUT2D eigenvalue weighted by molar-refractivity contribution is 6.30. The molecule has 218 valence electrons. The van der Waals surface area contributed by atoms with Gasteiger partial charge in [0.1, 0.15) is 11.7 Å². The number of fused-ring (bicyclic) bond motifs is 1.